The molecular formula is C11H18. The van der Waals surface area contributed by atoms with Crippen molar-refractivity contribution in [2.45, 2.75) is 20.3 Å². The first-order valence-corrected chi connectivity index (χ1v) is 3.70. The van der Waals surface area contributed by atoms with E-state index in [0.717, 1.165) is 12.0 Å². The molecule has 0 spiro atoms. The second kappa shape index (κ2) is 8.96. The summed E-state index contributed by atoms with van der Waals surface area (Å²) in [7, 11) is 0. The summed E-state index contributed by atoms with van der Waals surface area (Å²) >= 11 is 0. The van der Waals surface area contributed by atoms with Crippen LogP contribution in [-0.4, -0.2) is 0 Å². The number of rotatable bonds is 3. The minimum atomic E-state index is 1.08. The van der Waals surface area contributed by atoms with E-state index in [-0.39, 0.29) is 0 Å². The Labute approximate surface area is 70.6 Å². The summed E-state index contributed by atoms with van der Waals surface area (Å²) in [6.07, 6.45) is 4.76. The first-order valence-electron chi connectivity index (χ1n) is 3.70. The first kappa shape index (κ1) is 12.6. The lowest BCUT2D eigenvalue weighted by molar-refractivity contribution is 1.08. The highest BCUT2D eigenvalue weighted by Gasteiger charge is 1.88. The summed E-state index contributed by atoms with van der Waals surface area (Å²) in [6, 6.07) is 0. The summed E-state index contributed by atoms with van der Waals surface area (Å²) in [5, 5.41) is 0. The van der Waals surface area contributed by atoms with E-state index in [9.17, 15) is 0 Å². The molecule has 0 saturated carbocycles. The van der Waals surface area contributed by atoms with Gasteiger partial charge in [-0.3, -0.25) is 0 Å². The van der Waals surface area contributed by atoms with E-state index in [1.54, 1.807) is 0 Å². The van der Waals surface area contributed by atoms with E-state index in [4.69, 9.17) is 0 Å². The molecule has 0 aromatic rings. The molecule has 0 aliphatic rings. The third kappa shape index (κ3) is 5.41. The molecule has 0 N–H and O–H groups in total. The van der Waals surface area contributed by atoms with Gasteiger partial charge in [-0.15, -0.1) is 13.2 Å². The molecule has 0 heterocycles. The van der Waals surface area contributed by atoms with Crippen LogP contribution in [0.1, 0.15) is 20.3 Å². The molecule has 0 aliphatic heterocycles. The fraction of sp³-hybridized carbons (Fsp3) is 0.273. The maximum Gasteiger partial charge on any atom is -0.0279 e. The number of hydrogen-bond acceptors (Lipinski definition) is 0. The van der Waals surface area contributed by atoms with Gasteiger partial charge in [-0.2, -0.15) is 0 Å². The van der Waals surface area contributed by atoms with Crippen LogP contribution in [0.5, 0.6) is 0 Å². The van der Waals surface area contributed by atoms with Crippen LogP contribution in [0.15, 0.2) is 49.6 Å². The lowest BCUT2D eigenvalue weighted by atomic mass is 10.1. The average Bonchev–Trinajstić information content (AvgIpc) is 2.10. The zero-order valence-corrected chi connectivity index (χ0v) is 7.69. The molecule has 0 aromatic heterocycles. The Morgan fingerprint density at radius 2 is 1.55 bits per heavy atom. The molecule has 62 valence electrons. The van der Waals surface area contributed by atoms with Gasteiger partial charge < -0.3 is 0 Å². The van der Waals surface area contributed by atoms with Crippen molar-refractivity contribution in [3.8, 4) is 0 Å². The molecule has 0 aromatic carbocycles. The Balaban J connectivity index is 0. The molecule has 0 nitrogen and oxygen atoms in total. The molecule has 0 radical (unpaired) electrons. The Kier molecular flexibility index (Phi) is 10.3. The quantitative estimate of drug-likeness (QED) is 0.423. The molecule has 0 unspecified atom stereocenters. The van der Waals surface area contributed by atoms with Crippen LogP contribution < -0.4 is 0 Å². The normalized spacial score (nSPS) is 7.09. The second-order valence-corrected chi connectivity index (χ2v) is 2.00. The van der Waals surface area contributed by atoms with E-state index in [1.165, 1.54) is 5.57 Å². The Bertz CT molecular complexity index is 139. The van der Waals surface area contributed by atoms with Gasteiger partial charge in [0.25, 0.3) is 0 Å². The van der Waals surface area contributed by atoms with E-state index >= 15 is 0 Å². The van der Waals surface area contributed by atoms with Crippen molar-refractivity contribution < 1.29 is 0 Å². The minimum Gasteiger partial charge on any atom is -0.106 e. The molecule has 0 bridgehead atoms. The topological polar surface area (TPSA) is 0 Å². The van der Waals surface area contributed by atoms with Crippen LogP contribution in [0.2, 0.25) is 0 Å². The van der Waals surface area contributed by atoms with E-state index in [2.05, 4.69) is 40.2 Å². The highest BCUT2D eigenvalue weighted by Crippen LogP contribution is 2.08. The van der Waals surface area contributed by atoms with Crippen LogP contribution >= 0.6 is 0 Å². The number of allylic oxidation sites excluding steroid dienone is 4. The molecule has 0 amide bonds. The third-order valence-corrected chi connectivity index (χ3v) is 1.46. The summed E-state index contributed by atoms with van der Waals surface area (Å²) in [4.78, 5) is 0. The van der Waals surface area contributed by atoms with Crippen molar-refractivity contribution in [2.75, 3.05) is 0 Å². The van der Waals surface area contributed by atoms with Gasteiger partial charge in [0.1, 0.15) is 0 Å². The van der Waals surface area contributed by atoms with Crippen LogP contribution in [0.25, 0.3) is 0 Å². The molecular weight excluding hydrogens is 132 g/mol. The van der Waals surface area contributed by atoms with Crippen molar-refractivity contribution in [3.05, 3.63) is 49.6 Å². The van der Waals surface area contributed by atoms with Gasteiger partial charge >= 0.3 is 0 Å². The van der Waals surface area contributed by atoms with Gasteiger partial charge in [-0.25, -0.2) is 0 Å². The van der Waals surface area contributed by atoms with Gasteiger partial charge in [0, 0.05) is 0 Å². The number of hydrogen-bond donors (Lipinski definition) is 0. The van der Waals surface area contributed by atoms with Gasteiger partial charge in [0.05, 0.1) is 0 Å². The van der Waals surface area contributed by atoms with Gasteiger partial charge in [0.2, 0.25) is 0 Å². The Hall–Kier alpha value is -1.04. The lowest BCUT2D eigenvalue weighted by Crippen LogP contribution is -1.77. The zero-order valence-electron chi connectivity index (χ0n) is 7.69. The zero-order chi connectivity index (χ0) is 9.28. The molecule has 0 fully saturated rings. The highest BCUT2D eigenvalue weighted by molar-refractivity contribution is 5.32. The van der Waals surface area contributed by atoms with Crippen LogP contribution in [0.3, 0.4) is 0 Å². The van der Waals surface area contributed by atoms with Gasteiger partial charge in [-0.05, 0) is 18.9 Å². The Morgan fingerprint density at radius 3 is 1.64 bits per heavy atom. The van der Waals surface area contributed by atoms with E-state index in [1.807, 2.05) is 12.2 Å². The van der Waals surface area contributed by atoms with Gasteiger partial charge in [0.15, 0.2) is 0 Å². The first-order chi connectivity index (χ1) is 5.26. The largest absolute Gasteiger partial charge is 0.106 e. The van der Waals surface area contributed by atoms with Crippen molar-refractivity contribution >= 4 is 0 Å². The summed E-state index contributed by atoms with van der Waals surface area (Å²) in [5.74, 6) is 0. The van der Waals surface area contributed by atoms with Crippen LogP contribution in [0.4, 0.5) is 0 Å². The predicted molar refractivity (Wildman–Crippen MR) is 54.6 cm³/mol. The summed E-state index contributed by atoms with van der Waals surface area (Å²) < 4.78 is 0. The van der Waals surface area contributed by atoms with E-state index < -0.39 is 0 Å². The maximum atomic E-state index is 3.67. The van der Waals surface area contributed by atoms with Crippen molar-refractivity contribution in [2.24, 2.45) is 0 Å². The van der Waals surface area contributed by atoms with Crippen LogP contribution in [0, 0.1) is 0 Å². The molecule has 0 heteroatoms. The SMILES string of the molecule is C=C.C=CC(C=C)=C(C)CC. The monoisotopic (exact) mass is 150 g/mol. The van der Waals surface area contributed by atoms with E-state index in [0.29, 0.717) is 0 Å². The second-order valence-electron chi connectivity index (χ2n) is 2.00. The van der Waals surface area contributed by atoms with Crippen molar-refractivity contribution in [1.29, 1.82) is 0 Å². The summed E-state index contributed by atoms with van der Waals surface area (Å²) in [5.41, 5.74) is 2.51. The van der Waals surface area contributed by atoms with Crippen molar-refractivity contribution in [1.82, 2.24) is 0 Å². The summed E-state index contributed by atoms with van der Waals surface area (Å²) in [6.45, 7) is 17.6. The smallest absolute Gasteiger partial charge is 0.0279 e. The minimum absolute atomic E-state index is 1.08. The maximum absolute atomic E-state index is 3.67. The van der Waals surface area contributed by atoms with Crippen LogP contribution in [-0.2, 0) is 0 Å². The van der Waals surface area contributed by atoms with Crippen molar-refractivity contribution in [3.63, 3.8) is 0 Å². The fourth-order valence-corrected chi connectivity index (χ4v) is 0.636. The molecule has 0 atom stereocenters. The average molecular weight is 150 g/mol. The molecule has 0 aliphatic carbocycles. The standard InChI is InChI=1S/C9H14.C2H4/c1-5-8(4)9(6-2)7-3;1-2/h6-7H,2-3,5H2,1,4H3;1-2H2. The molecule has 0 saturated heterocycles. The fourth-order valence-electron chi connectivity index (χ4n) is 0.636. The highest BCUT2D eigenvalue weighted by atomic mass is 13.9. The predicted octanol–water partition coefficient (Wildman–Crippen LogP) is 3.89. The van der Waals surface area contributed by atoms with Gasteiger partial charge in [-0.1, -0.05) is 37.8 Å². The molecule has 11 heavy (non-hydrogen) atoms. The lowest BCUT2D eigenvalue weighted by Gasteiger charge is -1.97. The molecule has 0 rings (SSSR count). The Morgan fingerprint density at radius 1 is 1.18 bits per heavy atom. The third-order valence-electron chi connectivity index (χ3n) is 1.46.